The summed E-state index contributed by atoms with van der Waals surface area (Å²) in [6, 6.07) is 6.81. The maximum atomic E-state index is 13.0. The lowest BCUT2D eigenvalue weighted by Crippen LogP contribution is -2.05. The summed E-state index contributed by atoms with van der Waals surface area (Å²) < 4.78 is 40.6. The fourth-order valence-corrected chi connectivity index (χ4v) is 2.86. The van der Waals surface area contributed by atoms with E-state index in [9.17, 15) is 13.2 Å². The molecule has 0 saturated heterocycles. The van der Waals surface area contributed by atoms with Crippen molar-refractivity contribution in [2.75, 3.05) is 5.32 Å². The smallest absolute Gasteiger partial charge is 0.350 e. The molecule has 0 fully saturated rings. The zero-order valence-electron chi connectivity index (χ0n) is 14.8. The first-order valence-corrected chi connectivity index (χ1v) is 8.95. The van der Waals surface area contributed by atoms with Gasteiger partial charge in [-0.1, -0.05) is 24.3 Å². The zero-order chi connectivity index (χ0) is 20.5. The maximum Gasteiger partial charge on any atom is 0.434 e. The Morgan fingerprint density at radius 3 is 2.14 bits per heavy atom. The second kappa shape index (κ2) is 7.92. The van der Waals surface area contributed by atoms with Crippen LogP contribution in [0.4, 0.5) is 19.1 Å². The first-order chi connectivity index (χ1) is 13.1. The van der Waals surface area contributed by atoms with Crippen molar-refractivity contribution in [1.82, 2.24) is 24.5 Å². The summed E-state index contributed by atoms with van der Waals surface area (Å²) >= 11 is 11.4. The molecule has 0 aliphatic heterocycles. The van der Waals surface area contributed by atoms with E-state index in [1.165, 1.54) is 4.57 Å². The van der Waals surface area contributed by atoms with Crippen molar-refractivity contribution < 1.29 is 13.2 Å². The van der Waals surface area contributed by atoms with Gasteiger partial charge >= 0.3 is 6.18 Å². The van der Waals surface area contributed by atoms with Crippen molar-refractivity contribution in [3.8, 4) is 11.4 Å². The molecular weight excluding hydrogens is 416 g/mol. The molecule has 148 valence electrons. The highest BCUT2D eigenvalue weighted by molar-refractivity contribution is 6.31. The quantitative estimate of drug-likeness (QED) is 0.598. The molecule has 3 aromatic rings. The predicted molar refractivity (Wildman–Crippen MR) is 100 cm³/mol. The summed E-state index contributed by atoms with van der Waals surface area (Å²) in [5, 5.41) is 2.90. The van der Waals surface area contributed by atoms with Crippen LogP contribution in [-0.2, 0) is 12.7 Å². The number of imidazole rings is 1. The van der Waals surface area contributed by atoms with Crippen LogP contribution in [0.1, 0.15) is 31.1 Å². The van der Waals surface area contributed by atoms with Gasteiger partial charge in [-0.25, -0.2) is 4.98 Å². The SMILES string of the molecule is CC(C)n1cc(C(F)(F)F)nc1-c1ccc(CNc2nc(Cl)nc(Cl)n2)cc1. The Bertz CT molecular complexity index is 950. The molecule has 2 heterocycles. The van der Waals surface area contributed by atoms with Crippen LogP contribution in [0.15, 0.2) is 30.5 Å². The van der Waals surface area contributed by atoms with Crippen LogP contribution >= 0.6 is 23.2 Å². The van der Waals surface area contributed by atoms with Gasteiger partial charge in [-0.2, -0.15) is 28.1 Å². The molecule has 0 aliphatic carbocycles. The van der Waals surface area contributed by atoms with Gasteiger partial charge in [0.2, 0.25) is 16.5 Å². The first kappa shape index (κ1) is 20.3. The van der Waals surface area contributed by atoms with E-state index < -0.39 is 11.9 Å². The van der Waals surface area contributed by atoms with E-state index in [1.807, 2.05) is 0 Å². The van der Waals surface area contributed by atoms with E-state index in [4.69, 9.17) is 23.2 Å². The van der Waals surface area contributed by atoms with E-state index in [1.54, 1.807) is 38.1 Å². The van der Waals surface area contributed by atoms with Crippen LogP contribution in [-0.4, -0.2) is 24.5 Å². The summed E-state index contributed by atoms with van der Waals surface area (Å²) in [5.41, 5.74) is 0.528. The molecule has 1 N–H and O–H groups in total. The van der Waals surface area contributed by atoms with Crippen LogP contribution in [0, 0.1) is 0 Å². The lowest BCUT2D eigenvalue weighted by Gasteiger charge is -2.12. The van der Waals surface area contributed by atoms with Gasteiger partial charge in [0.25, 0.3) is 0 Å². The standard InChI is InChI=1S/C17H15Cl2F3N6/c1-9(2)28-8-12(17(20,21)22)24-13(28)11-5-3-10(4-6-11)7-23-16-26-14(18)25-15(19)27-16/h3-6,8-9H,7H2,1-2H3,(H,23,25,26,27). The highest BCUT2D eigenvalue weighted by Gasteiger charge is 2.35. The van der Waals surface area contributed by atoms with E-state index in [0.717, 1.165) is 11.8 Å². The maximum absolute atomic E-state index is 13.0. The number of hydrogen-bond acceptors (Lipinski definition) is 5. The minimum atomic E-state index is -4.49. The molecule has 0 bridgehead atoms. The van der Waals surface area contributed by atoms with Gasteiger partial charge in [0, 0.05) is 24.3 Å². The van der Waals surface area contributed by atoms with Crippen molar-refractivity contribution in [2.45, 2.75) is 32.6 Å². The van der Waals surface area contributed by atoms with Gasteiger partial charge in [-0.05, 0) is 42.6 Å². The number of anilines is 1. The average Bonchev–Trinajstić information content (AvgIpc) is 3.06. The molecule has 0 amide bonds. The molecule has 1 aromatic carbocycles. The third-order valence-corrected chi connectivity index (χ3v) is 4.16. The monoisotopic (exact) mass is 430 g/mol. The third-order valence-electron chi connectivity index (χ3n) is 3.82. The molecular formula is C17H15Cl2F3N6. The van der Waals surface area contributed by atoms with Crippen molar-refractivity contribution >= 4 is 29.2 Å². The van der Waals surface area contributed by atoms with E-state index in [-0.39, 0.29) is 28.4 Å². The number of aromatic nitrogens is 5. The lowest BCUT2D eigenvalue weighted by atomic mass is 10.1. The second-order valence-corrected chi connectivity index (χ2v) is 6.87. The average molecular weight is 431 g/mol. The van der Waals surface area contributed by atoms with Gasteiger partial charge in [0.1, 0.15) is 5.82 Å². The van der Waals surface area contributed by atoms with Gasteiger partial charge in [0.05, 0.1) is 0 Å². The first-order valence-electron chi connectivity index (χ1n) is 8.20. The Morgan fingerprint density at radius 2 is 1.61 bits per heavy atom. The molecule has 0 saturated carbocycles. The number of rotatable bonds is 5. The molecule has 0 radical (unpaired) electrons. The van der Waals surface area contributed by atoms with E-state index in [2.05, 4.69) is 25.3 Å². The number of nitrogens with zero attached hydrogens (tertiary/aromatic N) is 5. The Labute approximate surface area is 168 Å². The zero-order valence-corrected chi connectivity index (χ0v) is 16.3. The van der Waals surface area contributed by atoms with Crippen LogP contribution in [0.25, 0.3) is 11.4 Å². The molecule has 11 heteroatoms. The normalized spacial score (nSPS) is 11.9. The van der Waals surface area contributed by atoms with Crippen molar-refractivity contribution in [3.05, 3.63) is 52.3 Å². The Morgan fingerprint density at radius 1 is 1.00 bits per heavy atom. The number of benzene rings is 1. The minimum Gasteiger partial charge on any atom is -0.350 e. The molecule has 3 rings (SSSR count). The van der Waals surface area contributed by atoms with Crippen LogP contribution in [0.3, 0.4) is 0 Å². The van der Waals surface area contributed by atoms with Crippen molar-refractivity contribution in [3.63, 3.8) is 0 Å². The molecule has 0 spiro atoms. The van der Waals surface area contributed by atoms with Crippen molar-refractivity contribution in [1.29, 1.82) is 0 Å². The largest absolute Gasteiger partial charge is 0.434 e. The number of halogens is 5. The second-order valence-electron chi connectivity index (χ2n) is 6.20. The summed E-state index contributed by atoms with van der Waals surface area (Å²) in [6.07, 6.45) is -3.46. The van der Waals surface area contributed by atoms with Gasteiger partial charge in [-0.3, -0.25) is 0 Å². The topological polar surface area (TPSA) is 68.5 Å². The van der Waals surface area contributed by atoms with Gasteiger partial charge in [-0.15, -0.1) is 0 Å². The molecule has 28 heavy (non-hydrogen) atoms. The Hall–Kier alpha value is -2.39. The summed E-state index contributed by atoms with van der Waals surface area (Å²) in [7, 11) is 0. The van der Waals surface area contributed by atoms with Crippen LogP contribution in [0.2, 0.25) is 10.6 Å². The lowest BCUT2D eigenvalue weighted by molar-refractivity contribution is -0.140. The Kier molecular flexibility index (Phi) is 5.76. The summed E-state index contributed by atoms with van der Waals surface area (Å²) in [5.74, 6) is 0.483. The fourth-order valence-electron chi connectivity index (χ4n) is 2.50. The number of hydrogen-bond donors (Lipinski definition) is 1. The summed E-state index contributed by atoms with van der Waals surface area (Å²) in [4.78, 5) is 15.2. The molecule has 0 atom stereocenters. The van der Waals surface area contributed by atoms with E-state index in [0.29, 0.717) is 12.1 Å². The fraction of sp³-hybridized carbons (Fsp3) is 0.294. The Balaban J connectivity index is 1.80. The molecule has 6 nitrogen and oxygen atoms in total. The minimum absolute atomic E-state index is 0.0289. The highest BCUT2D eigenvalue weighted by Crippen LogP contribution is 2.32. The molecule has 0 aliphatic rings. The van der Waals surface area contributed by atoms with E-state index >= 15 is 0 Å². The van der Waals surface area contributed by atoms with Crippen LogP contribution < -0.4 is 5.32 Å². The van der Waals surface area contributed by atoms with Gasteiger partial charge in [0.15, 0.2) is 5.69 Å². The predicted octanol–water partition coefficient (Wildman–Crippen LogP) is 5.25. The molecule has 2 aromatic heterocycles. The van der Waals surface area contributed by atoms with Crippen molar-refractivity contribution in [2.24, 2.45) is 0 Å². The highest BCUT2D eigenvalue weighted by atomic mass is 35.5. The van der Waals surface area contributed by atoms with Crippen LogP contribution in [0.5, 0.6) is 0 Å². The third kappa shape index (κ3) is 4.71. The van der Waals surface area contributed by atoms with Gasteiger partial charge < -0.3 is 9.88 Å². The molecule has 0 unspecified atom stereocenters. The number of alkyl halides is 3. The number of nitrogens with one attached hydrogen (secondary N) is 1. The summed E-state index contributed by atoms with van der Waals surface area (Å²) in [6.45, 7) is 3.96.